The number of carbonyl (C=O) groups is 1. The van der Waals surface area contributed by atoms with Crippen molar-refractivity contribution in [3.05, 3.63) is 0 Å². The molecule has 4 nitrogen and oxygen atoms in total. The van der Waals surface area contributed by atoms with Gasteiger partial charge in [0.05, 0.1) is 6.54 Å². The minimum absolute atomic E-state index is 0.233. The molecule has 0 aromatic carbocycles. The van der Waals surface area contributed by atoms with Gasteiger partial charge in [0, 0.05) is 19.3 Å². The van der Waals surface area contributed by atoms with E-state index in [0.29, 0.717) is 6.54 Å². The van der Waals surface area contributed by atoms with E-state index in [2.05, 4.69) is 4.99 Å². The average molecular weight is 212 g/mol. The second kappa shape index (κ2) is 4.64. The molecule has 0 saturated carbocycles. The maximum Gasteiger partial charge on any atom is 0.410 e. The molecule has 1 heterocycles. The van der Waals surface area contributed by atoms with Crippen LogP contribution in [0.3, 0.4) is 0 Å². The molecule has 0 spiro atoms. The Morgan fingerprint density at radius 2 is 2.13 bits per heavy atom. The maximum absolute atomic E-state index is 11.7. The van der Waals surface area contributed by atoms with Gasteiger partial charge in [0.25, 0.3) is 0 Å². The number of carbonyl (C=O) groups excluding carboxylic acids is 1. The highest BCUT2D eigenvalue weighted by atomic mass is 16.6. The average Bonchev–Trinajstić information content (AvgIpc) is 2.15. The van der Waals surface area contributed by atoms with Crippen LogP contribution in [-0.2, 0) is 4.74 Å². The third kappa shape index (κ3) is 3.90. The van der Waals surface area contributed by atoms with Gasteiger partial charge in [-0.05, 0) is 33.6 Å². The molecule has 1 aliphatic rings. The minimum Gasteiger partial charge on any atom is -0.444 e. The van der Waals surface area contributed by atoms with Crippen LogP contribution < -0.4 is 0 Å². The Morgan fingerprint density at radius 3 is 2.67 bits per heavy atom. The summed E-state index contributed by atoms with van der Waals surface area (Å²) in [5.74, 6) is 0. The van der Waals surface area contributed by atoms with Crippen molar-refractivity contribution in [2.75, 3.05) is 20.1 Å². The van der Waals surface area contributed by atoms with Gasteiger partial charge in [-0.15, -0.1) is 0 Å². The van der Waals surface area contributed by atoms with Crippen LogP contribution in [0.5, 0.6) is 0 Å². The van der Waals surface area contributed by atoms with Crippen molar-refractivity contribution in [1.29, 1.82) is 0 Å². The summed E-state index contributed by atoms with van der Waals surface area (Å²) in [4.78, 5) is 17.6. The lowest BCUT2D eigenvalue weighted by Gasteiger charge is -2.30. The summed E-state index contributed by atoms with van der Waals surface area (Å²) in [6, 6.07) is 0. The molecule has 0 atom stereocenters. The molecule has 0 aromatic rings. The van der Waals surface area contributed by atoms with E-state index in [1.54, 1.807) is 11.9 Å². The fourth-order valence-electron chi connectivity index (χ4n) is 1.52. The molecule has 0 N–H and O–H groups in total. The number of ether oxygens (including phenoxy) is 1. The molecule has 86 valence electrons. The largest absolute Gasteiger partial charge is 0.444 e. The molecule has 0 aromatic heterocycles. The number of aliphatic imine (C=N–C) groups is 1. The maximum atomic E-state index is 11.7. The standard InChI is InChI=1S/C11H20N2O2/c1-11(2,3)15-10(14)13-7-5-6-9(8-13)12-4/h5-8H2,1-4H3/b12-9+. The molecule has 4 heteroatoms. The summed E-state index contributed by atoms with van der Waals surface area (Å²) in [6.45, 7) is 7.02. The molecule has 1 amide bonds. The fourth-order valence-corrected chi connectivity index (χ4v) is 1.52. The van der Waals surface area contributed by atoms with Crippen molar-refractivity contribution in [3.63, 3.8) is 0 Å². The van der Waals surface area contributed by atoms with Crippen molar-refractivity contribution < 1.29 is 9.53 Å². The van der Waals surface area contributed by atoms with E-state index >= 15 is 0 Å². The summed E-state index contributed by atoms with van der Waals surface area (Å²) in [5.41, 5.74) is 0.657. The number of hydrogen-bond acceptors (Lipinski definition) is 3. The van der Waals surface area contributed by atoms with Gasteiger partial charge in [0.2, 0.25) is 0 Å². The molecular weight excluding hydrogens is 192 g/mol. The smallest absolute Gasteiger partial charge is 0.410 e. The molecule has 0 bridgehead atoms. The predicted molar refractivity (Wildman–Crippen MR) is 60.4 cm³/mol. The summed E-state index contributed by atoms with van der Waals surface area (Å²) < 4.78 is 5.30. The number of hydrogen-bond donors (Lipinski definition) is 0. The molecule has 0 aliphatic carbocycles. The van der Waals surface area contributed by atoms with Crippen molar-refractivity contribution in [3.8, 4) is 0 Å². The summed E-state index contributed by atoms with van der Waals surface area (Å²) in [6.07, 6.45) is 1.74. The molecule has 0 radical (unpaired) electrons. The fraction of sp³-hybridized carbons (Fsp3) is 0.818. The van der Waals surface area contributed by atoms with Crippen LogP contribution in [0.15, 0.2) is 4.99 Å². The minimum atomic E-state index is -0.419. The number of likely N-dealkylation sites (tertiary alicyclic amines) is 1. The van der Waals surface area contributed by atoms with Crippen LogP contribution in [0, 0.1) is 0 Å². The van der Waals surface area contributed by atoms with E-state index in [-0.39, 0.29) is 6.09 Å². The van der Waals surface area contributed by atoms with Crippen LogP contribution in [0.4, 0.5) is 4.79 Å². The van der Waals surface area contributed by atoms with Gasteiger partial charge in [0.15, 0.2) is 0 Å². The molecule has 15 heavy (non-hydrogen) atoms. The van der Waals surface area contributed by atoms with Crippen molar-refractivity contribution >= 4 is 11.8 Å². The van der Waals surface area contributed by atoms with Crippen LogP contribution in [0.25, 0.3) is 0 Å². The first-order valence-electron chi connectivity index (χ1n) is 5.35. The van der Waals surface area contributed by atoms with Gasteiger partial charge in [-0.2, -0.15) is 0 Å². The van der Waals surface area contributed by atoms with E-state index in [1.807, 2.05) is 20.8 Å². The van der Waals surface area contributed by atoms with E-state index in [4.69, 9.17) is 4.74 Å². The first-order valence-corrected chi connectivity index (χ1v) is 5.35. The van der Waals surface area contributed by atoms with Crippen LogP contribution in [-0.4, -0.2) is 42.4 Å². The van der Waals surface area contributed by atoms with E-state index in [1.165, 1.54) is 0 Å². The summed E-state index contributed by atoms with van der Waals surface area (Å²) in [7, 11) is 1.77. The normalized spacial score (nSPS) is 20.5. The second-order valence-corrected chi connectivity index (χ2v) is 4.80. The van der Waals surface area contributed by atoms with Gasteiger partial charge in [-0.25, -0.2) is 4.79 Å². The number of piperidine rings is 1. The molecule has 1 aliphatic heterocycles. The van der Waals surface area contributed by atoms with Crippen molar-refractivity contribution in [2.24, 2.45) is 4.99 Å². The van der Waals surface area contributed by atoms with Gasteiger partial charge >= 0.3 is 6.09 Å². The quantitative estimate of drug-likeness (QED) is 0.617. The molecule has 1 fully saturated rings. The Kier molecular flexibility index (Phi) is 3.72. The monoisotopic (exact) mass is 212 g/mol. The van der Waals surface area contributed by atoms with Gasteiger partial charge in [0.1, 0.15) is 5.60 Å². The second-order valence-electron chi connectivity index (χ2n) is 4.80. The molecule has 0 unspecified atom stereocenters. The van der Waals surface area contributed by atoms with Crippen LogP contribution in [0.1, 0.15) is 33.6 Å². The van der Waals surface area contributed by atoms with E-state index in [0.717, 1.165) is 25.1 Å². The van der Waals surface area contributed by atoms with Crippen LogP contribution in [0.2, 0.25) is 0 Å². The highest BCUT2D eigenvalue weighted by Crippen LogP contribution is 2.13. The Balaban J connectivity index is 2.53. The van der Waals surface area contributed by atoms with Gasteiger partial charge in [-0.3, -0.25) is 4.99 Å². The lowest BCUT2D eigenvalue weighted by molar-refractivity contribution is 0.0267. The number of nitrogens with zero attached hydrogens (tertiary/aromatic N) is 2. The lowest BCUT2D eigenvalue weighted by Crippen LogP contribution is -2.43. The van der Waals surface area contributed by atoms with Gasteiger partial charge < -0.3 is 9.64 Å². The zero-order valence-corrected chi connectivity index (χ0v) is 10.0. The van der Waals surface area contributed by atoms with Crippen molar-refractivity contribution in [2.45, 2.75) is 39.2 Å². The number of rotatable bonds is 0. The zero-order valence-electron chi connectivity index (χ0n) is 10.0. The third-order valence-corrected chi connectivity index (χ3v) is 2.23. The summed E-state index contributed by atoms with van der Waals surface area (Å²) in [5, 5.41) is 0. The predicted octanol–water partition coefficient (Wildman–Crippen LogP) is 2.09. The first-order chi connectivity index (χ1) is 6.92. The van der Waals surface area contributed by atoms with Crippen LogP contribution >= 0.6 is 0 Å². The topological polar surface area (TPSA) is 41.9 Å². The Morgan fingerprint density at radius 1 is 1.47 bits per heavy atom. The van der Waals surface area contributed by atoms with Crippen molar-refractivity contribution in [1.82, 2.24) is 4.90 Å². The van der Waals surface area contributed by atoms with E-state index < -0.39 is 5.60 Å². The molecular formula is C11H20N2O2. The summed E-state index contributed by atoms with van der Waals surface area (Å²) >= 11 is 0. The Labute approximate surface area is 91.3 Å². The Hall–Kier alpha value is -1.06. The molecule has 1 saturated heterocycles. The SMILES string of the molecule is C/N=C1\CCCN(C(=O)OC(C)(C)C)C1. The lowest BCUT2D eigenvalue weighted by atomic mass is 10.1. The zero-order chi connectivity index (χ0) is 11.5. The third-order valence-electron chi connectivity index (χ3n) is 2.23. The van der Waals surface area contributed by atoms with Gasteiger partial charge in [-0.1, -0.05) is 0 Å². The molecule has 1 rings (SSSR count). The first kappa shape index (κ1) is 12.0. The van der Waals surface area contributed by atoms with E-state index in [9.17, 15) is 4.79 Å². The highest BCUT2D eigenvalue weighted by molar-refractivity contribution is 5.89. The highest BCUT2D eigenvalue weighted by Gasteiger charge is 2.25. The Bertz CT molecular complexity index is 266. The number of amides is 1.